The summed E-state index contributed by atoms with van der Waals surface area (Å²) in [4.78, 5) is 25.6. The molecule has 1 aromatic rings. The largest absolute Gasteiger partial charge is 0.449 e. The minimum absolute atomic E-state index is 0.0175. The summed E-state index contributed by atoms with van der Waals surface area (Å²) < 4.78 is 41.6. The van der Waals surface area contributed by atoms with E-state index in [1.54, 1.807) is 6.92 Å². The summed E-state index contributed by atoms with van der Waals surface area (Å²) in [6, 6.07) is 3.52. The highest BCUT2D eigenvalue weighted by molar-refractivity contribution is 7.91. The first-order valence-electron chi connectivity index (χ1n) is 7.55. The fourth-order valence-electron chi connectivity index (χ4n) is 2.55. The molecule has 6 nitrogen and oxygen atoms in total. The number of nitrogens with zero attached hydrogens (tertiary/aromatic N) is 1. The molecular weight excluding hydrogens is 337 g/mol. The highest BCUT2D eigenvalue weighted by atomic mass is 32.2. The first kappa shape index (κ1) is 18.4. The SMILES string of the molecule is Cc1ccc(C(=O)O[C@H](C)C(=O)N(C)[C@@H]2CCS(=O)(=O)C2)cc1F. The van der Waals surface area contributed by atoms with Gasteiger partial charge in [-0.3, -0.25) is 4.79 Å². The lowest BCUT2D eigenvalue weighted by Crippen LogP contribution is -2.44. The van der Waals surface area contributed by atoms with Gasteiger partial charge in [0.05, 0.1) is 17.1 Å². The van der Waals surface area contributed by atoms with Gasteiger partial charge in [0.25, 0.3) is 5.91 Å². The van der Waals surface area contributed by atoms with Crippen LogP contribution in [0, 0.1) is 12.7 Å². The Balaban J connectivity index is 2.00. The molecule has 1 amide bonds. The zero-order chi connectivity index (χ0) is 18.1. The summed E-state index contributed by atoms with van der Waals surface area (Å²) in [6.07, 6.45) is -0.718. The molecule has 0 saturated carbocycles. The van der Waals surface area contributed by atoms with Crippen LogP contribution in [-0.2, 0) is 19.4 Å². The van der Waals surface area contributed by atoms with Gasteiger partial charge in [0, 0.05) is 13.1 Å². The normalized spacial score (nSPS) is 20.4. The molecule has 0 bridgehead atoms. The van der Waals surface area contributed by atoms with Crippen molar-refractivity contribution in [2.75, 3.05) is 18.6 Å². The van der Waals surface area contributed by atoms with Crippen LogP contribution < -0.4 is 0 Å². The predicted octanol–water partition coefficient (Wildman–Crippen LogP) is 1.32. The smallest absolute Gasteiger partial charge is 0.339 e. The Kier molecular flexibility index (Phi) is 5.27. The molecule has 0 radical (unpaired) electrons. The van der Waals surface area contributed by atoms with Crippen LogP contribution in [0.5, 0.6) is 0 Å². The van der Waals surface area contributed by atoms with Crippen LogP contribution in [0.25, 0.3) is 0 Å². The van der Waals surface area contributed by atoms with Crippen LogP contribution in [0.4, 0.5) is 4.39 Å². The molecule has 2 atom stereocenters. The summed E-state index contributed by atoms with van der Waals surface area (Å²) >= 11 is 0. The molecular formula is C16H20FNO5S. The molecule has 1 saturated heterocycles. The van der Waals surface area contributed by atoms with Crippen LogP contribution in [0.3, 0.4) is 0 Å². The fraction of sp³-hybridized carbons (Fsp3) is 0.500. The number of benzene rings is 1. The second-order valence-corrected chi connectivity index (χ2v) is 8.25. The van der Waals surface area contributed by atoms with E-state index >= 15 is 0 Å². The lowest BCUT2D eigenvalue weighted by molar-refractivity contribution is -0.140. The molecule has 0 aromatic heterocycles. The summed E-state index contributed by atoms with van der Waals surface area (Å²) in [5.41, 5.74) is 0.418. The Morgan fingerprint density at radius 3 is 2.58 bits per heavy atom. The van der Waals surface area contributed by atoms with Gasteiger partial charge in [-0.15, -0.1) is 0 Å². The number of halogens is 1. The second kappa shape index (κ2) is 6.88. The third kappa shape index (κ3) is 4.11. The molecule has 24 heavy (non-hydrogen) atoms. The van der Waals surface area contributed by atoms with Crippen molar-refractivity contribution in [3.8, 4) is 0 Å². The molecule has 0 N–H and O–H groups in total. The standard InChI is InChI=1S/C16H20FNO5S/c1-10-4-5-12(8-14(10)17)16(20)23-11(2)15(19)18(3)13-6-7-24(21,22)9-13/h4-5,8,11,13H,6-7,9H2,1-3H3/t11-,13-/m1/s1. The quantitative estimate of drug-likeness (QED) is 0.760. The molecule has 1 heterocycles. The average Bonchev–Trinajstić information content (AvgIpc) is 2.88. The highest BCUT2D eigenvalue weighted by Gasteiger charge is 2.35. The van der Waals surface area contributed by atoms with E-state index < -0.39 is 39.7 Å². The van der Waals surface area contributed by atoms with Gasteiger partial charge in [-0.05, 0) is 38.0 Å². The molecule has 1 aliphatic heterocycles. The maximum absolute atomic E-state index is 13.5. The second-order valence-electron chi connectivity index (χ2n) is 6.02. The number of hydrogen-bond acceptors (Lipinski definition) is 5. The van der Waals surface area contributed by atoms with E-state index in [9.17, 15) is 22.4 Å². The molecule has 0 unspecified atom stereocenters. The Morgan fingerprint density at radius 2 is 2.04 bits per heavy atom. The Morgan fingerprint density at radius 1 is 1.38 bits per heavy atom. The van der Waals surface area contributed by atoms with Gasteiger partial charge in [-0.25, -0.2) is 17.6 Å². The molecule has 8 heteroatoms. The molecule has 0 spiro atoms. The van der Waals surface area contributed by atoms with Gasteiger partial charge in [0.1, 0.15) is 5.82 Å². The van der Waals surface area contributed by atoms with E-state index in [1.807, 2.05) is 0 Å². The molecule has 1 fully saturated rings. The molecule has 2 rings (SSSR count). The number of carbonyl (C=O) groups is 2. The number of sulfone groups is 1. The summed E-state index contributed by atoms with van der Waals surface area (Å²) in [6.45, 7) is 2.98. The topological polar surface area (TPSA) is 80.8 Å². The van der Waals surface area contributed by atoms with E-state index in [0.717, 1.165) is 6.07 Å². The Bertz CT molecular complexity index is 762. The Hall–Kier alpha value is -1.96. The van der Waals surface area contributed by atoms with E-state index in [4.69, 9.17) is 4.74 Å². The van der Waals surface area contributed by atoms with Crippen molar-refractivity contribution in [3.05, 3.63) is 35.1 Å². The van der Waals surface area contributed by atoms with Crippen molar-refractivity contribution < 1.29 is 27.1 Å². The van der Waals surface area contributed by atoms with Gasteiger partial charge in [0.2, 0.25) is 0 Å². The van der Waals surface area contributed by atoms with Crippen molar-refractivity contribution in [3.63, 3.8) is 0 Å². The maximum atomic E-state index is 13.5. The first-order valence-corrected chi connectivity index (χ1v) is 9.37. The number of rotatable bonds is 4. The predicted molar refractivity (Wildman–Crippen MR) is 85.8 cm³/mol. The Labute approximate surface area is 140 Å². The zero-order valence-corrected chi connectivity index (χ0v) is 14.6. The average molecular weight is 357 g/mol. The van der Waals surface area contributed by atoms with Crippen LogP contribution in [-0.4, -0.2) is 55.9 Å². The van der Waals surface area contributed by atoms with Gasteiger partial charge in [0.15, 0.2) is 15.9 Å². The van der Waals surface area contributed by atoms with E-state index in [-0.39, 0.29) is 17.1 Å². The summed E-state index contributed by atoms with van der Waals surface area (Å²) in [7, 11) is -1.63. The van der Waals surface area contributed by atoms with Gasteiger partial charge in [-0.1, -0.05) is 6.07 Å². The number of hydrogen-bond donors (Lipinski definition) is 0. The van der Waals surface area contributed by atoms with E-state index in [2.05, 4.69) is 0 Å². The zero-order valence-electron chi connectivity index (χ0n) is 13.8. The van der Waals surface area contributed by atoms with Crippen LogP contribution in [0.1, 0.15) is 29.3 Å². The summed E-state index contributed by atoms with van der Waals surface area (Å²) in [5, 5.41) is 0. The molecule has 1 aliphatic rings. The van der Waals surface area contributed by atoms with Crippen molar-refractivity contribution in [1.29, 1.82) is 0 Å². The number of ether oxygens (including phenoxy) is 1. The van der Waals surface area contributed by atoms with Gasteiger partial charge >= 0.3 is 5.97 Å². The fourth-order valence-corrected chi connectivity index (χ4v) is 4.32. The van der Waals surface area contributed by atoms with Crippen LogP contribution in [0.15, 0.2) is 18.2 Å². The monoisotopic (exact) mass is 357 g/mol. The number of aryl methyl sites for hydroxylation is 1. The van der Waals surface area contributed by atoms with Crippen LogP contribution >= 0.6 is 0 Å². The van der Waals surface area contributed by atoms with E-state index in [1.165, 1.54) is 31.0 Å². The molecule has 0 aliphatic carbocycles. The van der Waals surface area contributed by atoms with Gasteiger partial charge < -0.3 is 9.64 Å². The maximum Gasteiger partial charge on any atom is 0.339 e. The number of esters is 1. The number of carbonyl (C=O) groups excluding carboxylic acids is 2. The van der Waals surface area contributed by atoms with Crippen LogP contribution in [0.2, 0.25) is 0 Å². The van der Waals surface area contributed by atoms with Crippen molar-refractivity contribution in [1.82, 2.24) is 4.90 Å². The summed E-state index contributed by atoms with van der Waals surface area (Å²) in [5.74, 6) is -1.86. The van der Waals surface area contributed by atoms with Crippen molar-refractivity contribution >= 4 is 21.7 Å². The number of likely N-dealkylation sites (N-methyl/N-ethyl adjacent to an activating group) is 1. The third-order valence-electron chi connectivity index (χ3n) is 4.14. The van der Waals surface area contributed by atoms with Gasteiger partial charge in [-0.2, -0.15) is 0 Å². The lowest BCUT2D eigenvalue weighted by Gasteiger charge is -2.26. The lowest BCUT2D eigenvalue weighted by atomic mass is 10.1. The third-order valence-corrected chi connectivity index (χ3v) is 5.89. The minimum Gasteiger partial charge on any atom is -0.449 e. The highest BCUT2D eigenvalue weighted by Crippen LogP contribution is 2.18. The van der Waals surface area contributed by atoms with Crippen molar-refractivity contribution in [2.45, 2.75) is 32.4 Å². The van der Waals surface area contributed by atoms with E-state index in [0.29, 0.717) is 12.0 Å². The molecule has 132 valence electrons. The first-order chi connectivity index (χ1) is 11.1. The molecule has 1 aromatic carbocycles. The number of amides is 1. The van der Waals surface area contributed by atoms with Crippen molar-refractivity contribution in [2.24, 2.45) is 0 Å². The minimum atomic E-state index is -3.12.